The Bertz CT molecular complexity index is 1470. The van der Waals surface area contributed by atoms with Gasteiger partial charge in [-0.3, -0.25) is 10.1 Å². The Kier molecular flexibility index (Phi) is 7.68. The number of hydrogen-bond donors (Lipinski definition) is 4. The second-order valence-electron chi connectivity index (χ2n) is 8.48. The van der Waals surface area contributed by atoms with Gasteiger partial charge >= 0.3 is 6.09 Å². The van der Waals surface area contributed by atoms with Gasteiger partial charge in [0.05, 0.1) is 17.1 Å². The molecule has 0 fully saturated rings. The van der Waals surface area contributed by atoms with Crippen molar-refractivity contribution in [2.75, 3.05) is 16.4 Å². The number of fused-ring (bicyclic) bond motifs is 1. The average Bonchev–Trinajstić information content (AvgIpc) is 2.89. The number of nitrogens with one attached hydrogen (secondary N) is 2. The van der Waals surface area contributed by atoms with Gasteiger partial charge in [0.25, 0.3) is 0 Å². The summed E-state index contributed by atoms with van der Waals surface area (Å²) < 4.78 is 19.9. The Hall–Kier alpha value is -4.85. The molecule has 188 valence electrons. The van der Waals surface area contributed by atoms with Crippen LogP contribution >= 0.6 is 0 Å². The van der Waals surface area contributed by atoms with E-state index >= 15 is 0 Å². The summed E-state index contributed by atoms with van der Waals surface area (Å²) in [4.78, 5) is 25.4. The normalized spacial score (nSPS) is 12.7. The van der Waals surface area contributed by atoms with Gasteiger partial charge < -0.3 is 20.9 Å². The molecule has 4 rings (SSSR count). The third-order valence-electron chi connectivity index (χ3n) is 5.81. The molecule has 8 heteroatoms. The maximum absolute atomic E-state index is 14.2. The minimum absolute atomic E-state index is 0.313. The fourth-order valence-electron chi connectivity index (χ4n) is 3.89. The summed E-state index contributed by atoms with van der Waals surface area (Å²) in [5.41, 5.74) is 7.62. The standard InChI is InChI=1S/C29H26FN3O4/c1-18(13-16-27(35)32-25-11-5-4-10-23(25)31)28(20-14-15-26(34)22(30)17-20)37-29(36)33-24-12-6-8-19-7-2-3-9-21(19)24/h2-18,28,34H,31H2,1H3,(H,32,35)(H,33,36)/b16-13+/t18-,28+/m0/s1. The van der Waals surface area contributed by atoms with E-state index < -0.39 is 35.6 Å². The third-order valence-corrected chi connectivity index (χ3v) is 5.81. The summed E-state index contributed by atoms with van der Waals surface area (Å²) in [7, 11) is 0. The lowest BCUT2D eigenvalue weighted by Gasteiger charge is -2.23. The first-order valence-corrected chi connectivity index (χ1v) is 11.6. The fraction of sp³-hybridized carbons (Fsp3) is 0.103. The first-order valence-electron chi connectivity index (χ1n) is 11.6. The van der Waals surface area contributed by atoms with E-state index in [1.807, 2.05) is 36.4 Å². The number of ether oxygens (including phenoxy) is 1. The fourth-order valence-corrected chi connectivity index (χ4v) is 3.89. The lowest BCUT2D eigenvalue weighted by Crippen LogP contribution is -2.22. The van der Waals surface area contributed by atoms with Crippen LogP contribution < -0.4 is 16.4 Å². The molecule has 0 aliphatic rings. The van der Waals surface area contributed by atoms with Gasteiger partial charge in [-0.05, 0) is 47.4 Å². The summed E-state index contributed by atoms with van der Waals surface area (Å²) in [5.74, 6) is -2.35. The molecule has 2 atom stereocenters. The smallest absolute Gasteiger partial charge is 0.412 e. The van der Waals surface area contributed by atoms with Gasteiger partial charge in [0.1, 0.15) is 6.10 Å². The molecule has 0 aliphatic carbocycles. The molecular formula is C29H26FN3O4. The van der Waals surface area contributed by atoms with Crippen molar-refractivity contribution in [1.29, 1.82) is 0 Å². The van der Waals surface area contributed by atoms with E-state index in [2.05, 4.69) is 10.6 Å². The number of phenols is 1. The van der Waals surface area contributed by atoms with Gasteiger partial charge in [-0.25, -0.2) is 9.18 Å². The second-order valence-corrected chi connectivity index (χ2v) is 8.48. The number of phenolic OH excluding ortho intramolecular Hbond substituents is 1. The molecule has 0 unspecified atom stereocenters. The Morgan fingerprint density at radius 3 is 2.43 bits per heavy atom. The summed E-state index contributed by atoms with van der Waals surface area (Å²) in [6.07, 6.45) is 1.13. The lowest BCUT2D eigenvalue weighted by molar-refractivity contribution is -0.111. The average molecular weight is 500 g/mol. The van der Waals surface area contributed by atoms with Crippen LogP contribution in [0.2, 0.25) is 0 Å². The van der Waals surface area contributed by atoms with Crippen LogP contribution in [-0.2, 0) is 9.53 Å². The highest BCUT2D eigenvalue weighted by molar-refractivity contribution is 6.01. The second kappa shape index (κ2) is 11.3. The number of hydrogen-bond acceptors (Lipinski definition) is 5. The van der Waals surface area contributed by atoms with E-state index in [1.165, 1.54) is 18.2 Å². The number of anilines is 3. The van der Waals surface area contributed by atoms with E-state index in [-0.39, 0.29) is 0 Å². The van der Waals surface area contributed by atoms with Crippen LogP contribution in [0.3, 0.4) is 0 Å². The van der Waals surface area contributed by atoms with Gasteiger partial charge in [-0.1, -0.05) is 67.6 Å². The molecule has 2 amide bonds. The monoisotopic (exact) mass is 499 g/mol. The number of amides is 2. The van der Waals surface area contributed by atoms with E-state index in [9.17, 15) is 19.1 Å². The molecule has 37 heavy (non-hydrogen) atoms. The lowest BCUT2D eigenvalue weighted by atomic mass is 9.96. The highest BCUT2D eigenvalue weighted by Crippen LogP contribution is 2.31. The SMILES string of the molecule is C[C@@H](/C=C/C(=O)Nc1ccccc1N)[C@@H](OC(=O)Nc1cccc2ccccc12)c1ccc(O)c(F)c1. The molecule has 4 aromatic rings. The molecule has 0 aliphatic heterocycles. The highest BCUT2D eigenvalue weighted by atomic mass is 19.1. The largest absolute Gasteiger partial charge is 0.505 e. The summed E-state index contributed by atoms with van der Waals surface area (Å²) in [5, 5.41) is 16.8. The molecule has 5 N–H and O–H groups in total. The third kappa shape index (κ3) is 6.24. The van der Waals surface area contributed by atoms with Crippen LogP contribution in [0.1, 0.15) is 18.6 Å². The van der Waals surface area contributed by atoms with Crippen LogP contribution in [0.25, 0.3) is 10.8 Å². The maximum atomic E-state index is 14.2. The number of aromatic hydroxyl groups is 1. The van der Waals surface area contributed by atoms with Crippen LogP contribution in [0, 0.1) is 11.7 Å². The van der Waals surface area contributed by atoms with E-state index in [1.54, 1.807) is 43.3 Å². The molecule has 4 aromatic carbocycles. The number of nitrogen functional groups attached to an aromatic ring is 1. The Morgan fingerprint density at radius 2 is 1.65 bits per heavy atom. The Morgan fingerprint density at radius 1 is 0.946 bits per heavy atom. The number of carbonyl (C=O) groups excluding carboxylic acids is 2. The van der Waals surface area contributed by atoms with Gasteiger partial charge in [0.15, 0.2) is 11.6 Å². The molecule has 0 spiro atoms. The summed E-state index contributed by atoms with van der Waals surface area (Å²) in [6, 6.07) is 23.6. The Labute approximate surface area is 213 Å². The molecule has 0 saturated heterocycles. The van der Waals surface area contributed by atoms with Gasteiger partial charge in [0.2, 0.25) is 5.91 Å². The minimum Gasteiger partial charge on any atom is -0.505 e. The molecule has 0 heterocycles. The van der Waals surface area contributed by atoms with Crippen molar-refractivity contribution in [3.63, 3.8) is 0 Å². The van der Waals surface area contributed by atoms with Crippen molar-refractivity contribution in [3.8, 4) is 5.75 Å². The number of benzene rings is 4. The zero-order valence-electron chi connectivity index (χ0n) is 20.0. The maximum Gasteiger partial charge on any atom is 0.412 e. The van der Waals surface area contributed by atoms with Crippen molar-refractivity contribution in [3.05, 3.63) is 108 Å². The van der Waals surface area contributed by atoms with Crippen molar-refractivity contribution in [2.45, 2.75) is 13.0 Å². The molecular weight excluding hydrogens is 473 g/mol. The topological polar surface area (TPSA) is 114 Å². The van der Waals surface area contributed by atoms with Crippen molar-refractivity contribution < 1.29 is 23.8 Å². The van der Waals surface area contributed by atoms with Crippen molar-refractivity contribution in [1.82, 2.24) is 0 Å². The van der Waals surface area contributed by atoms with Crippen molar-refractivity contribution >= 4 is 39.8 Å². The molecule has 0 bridgehead atoms. The van der Waals surface area contributed by atoms with Crippen LogP contribution in [0.15, 0.2) is 97.1 Å². The summed E-state index contributed by atoms with van der Waals surface area (Å²) >= 11 is 0. The predicted octanol–water partition coefficient (Wildman–Crippen LogP) is 6.39. The van der Waals surface area contributed by atoms with E-state index in [0.29, 0.717) is 22.6 Å². The van der Waals surface area contributed by atoms with Crippen molar-refractivity contribution in [2.24, 2.45) is 5.92 Å². The quantitative estimate of drug-likeness (QED) is 0.174. The number of para-hydroxylation sites is 2. The highest BCUT2D eigenvalue weighted by Gasteiger charge is 2.24. The van der Waals surface area contributed by atoms with Gasteiger partial charge in [-0.2, -0.15) is 0 Å². The molecule has 0 aromatic heterocycles. The Balaban J connectivity index is 1.54. The molecule has 0 saturated carbocycles. The number of rotatable bonds is 7. The first-order chi connectivity index (χ1) is 17.8. The number of halogens is 1. The zero-order valence-corrected chi connectivity index (χ0v) is 20.0. The number of carbonyl (C=O) groups is 2. The predicted molar refractivity (Wildman–Crippen MR) is 143 cm³/mol. The zero-order chi connectivity index (χ0) is 26.4. The van der Waals surface area contributed by atoms with E-state index in [0.717, 1.165) is 16.8 Å². The van der Waals surface area contributed by atoms with Crippen LogP contribution in [0.5, 0.6) is 5.75 Å². The molecule has 0 radical (unpaired) electrons. The minimum atomic E-state index is -0.962. The van der Waals surface area contributed by atoms with Gasteiger partial charge in [-0.15, -0.1) is 0 Å². The number of nitrogens with two attached hydrogens (primary N) is 1. The van der Waals surface area contributed by atoms with Crippen LogP contribution in [0.4, 0.5) is 26.2 Å². The van der Waals surface area contributed by atoms with Crippen LogP contribution in [-0.4, -0.2) is 17.1 Å². The molecule has 7 nitrogen and oxygen atoms in total. The van der Waals surface area contributed by atoms with E-state index in [4.69, 9.17) is 10.5 Å². The summed E-state index contributed by atoms with van der Waals surface area (Å²) in [6.45, 7) is 1.72. The first kappa shape index (κ1) is 25.2. The van der Waals surface area contributed by atoms with Gasteiger partial charge in [0, 0.05) is 11.3 Å².